The first-order chi connectivity index (χ1) is 10.1. The summed E-state index contributed by atoms with van der Waals surface area (Å²) in [5, 5.41) is 11.4. The minimum atomic E-state index is -1.02. The third kappa shape index (κ3) is 6.29. The van der Waals surface area contributed by atoms with Gasteiger partial charge in [0.05, 0.1) is 0 Å². The molecular formula is C16H23NO4. The maximum Gasteiger partial charge on any atom is 0.341 e. The fourth-order valence-corrected chi connectivity index (χ4v) is 2.00. The Morgan fingerprint density at radius 1 is 1.24 bits per heavy atom. The first-order valence-corrected chi connectivity index (χ1v) is 7.32. The van der Waals surface area contributed by atoms with E-state index in [-0.39, 0.29) is 18.4 Å². The number of unbranched alkanes of at least 4 members (excludes halogenated alkanes) is 1. The number of aliphatic carboxylic acids is 1. The molecular weight excluding hydrogens is 270 g/mol. The molecule has 1 atom stereocenters. The molecule has 0 aromatic heterocycles. The van der Waals surface area contributed by atoms with Crippen molar-refractivity contribution >= 4 is 17.6 Å². The minimum absolute atomic E-state index is 0.0326. The fourth-order valence-electron chi connectivity index (χ4n) is 2.00. The summed E-state index contributed by atoms with van der Waals surface area (Å²) in [5.74, 6) is -0.486. The van der Waals surface area contributed by atoms with Crippen LogP contribution in [0.5, 0.6) is 5.75 Å². The number of hydrogen-bond donors (Lipinski definition) is 2. The van der Waals surface area contributed by atoms with Gasteiger partial charge in [0.1, 0.15) is 5.75 Å². The molecule has 0 fully saturated rings. The molecule has 116 valence electrons. The highest BCUT2D eigenvalue weighted by molar-refractivity contribution is 5.92. The van der Waals surface area contributed by atoms with Crippen LogP contribution in [0.15, 0.2) is 24.3 Å². The molecule has 1 rings (SSSR count). The SMILES string of the molecule is CCCCC(CC)C(=O)Nc1ccc(OCC(=O)O)cc1. The highest BCUT2D eigenvalue weighted by Gasteiger charge is 2.15. The van der Waals surface area contributed by atoms with Crippen LogP contribution in [0, 0.1) is 5.92 Å². The smallest absolute Gasteiger partial charge is 0.341 e. The molecule has 0 bridgehead atoms. The van der Waals surface area contributed by atoms with Gasteiger partial charge in [-0.15, -0.1) is 0 Å². The average molecular weight is 293 g/mol. The fraction of sp³-hybridized carbons (Fsp3) is 0.500. The van der Waals surface area contributed by atoms with Crippen LogP contribution in [0.2, 0.25) is 0 Å². The van der Waals surface area contributed by atoms with E-state index in [1.807, 2.05) is 6.92 Å². The molecule has 2 N–H and O–H groups in total. The van der Waals surface area contributed by atoms with Crippen molar-refractivity contribution < 1.29 is 19.4 Å². The number of rotatable bonds is 9. The van der Waals surface area contributed by atoms with Crippen LogP contribution in [0.25, 0.3) is 0 Å². The average Bonchev–Trinajstić information content (AvgIpc) is 2.47. The molecule has 21 heavy (non-hydrogen) atoms. The zero-order valence-electron chi connectivity index (χ0n) is 12.6. The number of carbonyl (C=O) groups excluding carboxylic acids is 1. The maximum atomic E-state index is 12.1. The Balaban J connectivity index is 2.53. The minimum Gasteiger partial charge on any atom is -0.482 e. The molecule has 1 amide bonds. The lowest BCUT2D eigenvalue weighted by molar-refractivity contribution is -0.139. The standard InChI is InChI=1S/C16H23NO4/c1-3-5-6-12(4-2)16(20)17-13-7-9-14(10-8-13)21-11-15(18)19/h7-10,12H,3-6,11H2,1-2H3,(H,17,20)(H,18,19). The van der Waals surface area contributed by atoms with Crippen LogP contribution in [-0.4, -0.2) is 23.6 Å². The molecule has 5 heteroatoms. The van der Waals surface area contributed by atoms with E-state index in [9.17, 15) is 9.59 Å². The van der Waals surface area contributed by atoms with Gasteiger partial charge in [-0.25, -0.2) is 4.79 Å². The van der Waals surface area contributed by atoms with E-state index < -0.39 is 5.97 Å². The van der Waals surface area contributed by atoms with E-state index in [2.05, 4.69) is 12.2 Å². The molecule has 0 radical (unpaired) electrons. The van der Waals surface area contributed by atoms with Crippen molar-refractivity contribution in [3.63, 3.8) is 0 Å². The Hall–Kier alpha value is -2.04. The van der Waals surface area contributed by atoms with Crippen molar-refractivity contribution in [2.45, 2.75) is 39.5 Å². The lowest BCUT2D eigenvalue weighted by Crippen LogP contribution is -2.22. The number of amides is 1. The Morgan fingerprint density at radius 3 is 2.43 bits per heavy atom. The molecule has 1 aromatic carbocycles. The molecule has 0 aliphatic carbocycles. The number of carboxylic acids is 1. The Kier molecular flexibility index (Phi) is 7.29. The van der Waals surface area contributed by atoms with E-state index in [1.165, 1.54) is 0 Å². The Labute approximate surface area is 125 Å². The maximum absolute atomic E-state index is 12.1. The van der Waals surface area contributed by atoms with E-state index in [4.69, 9.17) is 9.84 Å². The summed E-state index contributed by atoms with van der Waals surface area (Å²) < 4.78 is 5.04. The monoisotopic (exact) mass is 293 g/mol. The molecule has 0 saturated carbocycles. The summed E-state index contributed by atoms with van der Waals surface area (Å²) >= 11 is 0. The van der Waals surface area contributed by atoms with Gasteiger partial charge in [0.15, 0.2) is 6.61 Å². The van der Waals surface area contributed by atoms with Crippen molar-refractivity contribution in [2.24, 2.45) is 5.92 Å². The lowest BCUT2D eigenvalue weighted by atomic mass is 9.98. The Bertz CT molecular complexity index is 456. The predicted octanol–water partition coefficient (Wildman–Crippen LogP) is 3.30. The van der Waals surface area contributed by atoms with Gasteiger partial charge in [0.25, 0.3) is 0 Å². The molecule has 0 heterocycles. The summed E-state index contributed by atoms with van der Waals surface area (Å²) in [6.07, 6.45) is 3.86. The molecule has 0 spiro atoms. The normalized spacial score (nSPS) is 11.7. The lowest BCUT2D eigenvalue weighted by Gasteiger charge is -2.14. The summed E-state index contributed by atoms with van der Waals surface area (Å²) in [6.45, 7) is 3.75. The summed E-state index contributed by atoms with van der Waals surface area (Å²) in [4.78, 5) is 22.5. The second-order valence-electron chi connectivity index (χ2n) is 4.94. The quantitative estimate of drug-likeness (QED) is 0.732. The van der Waals surface area contributed by atoms with Crippen molar-refractivity contribution in [2.75, 3.05) is 11.9 Å². The van der Waals surface area contributed by atoms with E-state index >= 15 is 0 Å². The van der Waals surface area contributed by atoms with Gasteiger partial charge in [-0.2, -0.15) is 0 Å². The molecule has 0 saturated heterocycles. The number of carboxylic acid groups (broad SMARTS) is 1. The molecule has 1 aromatic rings. The van der Waals surface area contributed by atoms with Gasteiger partial charge in [0, 0.05) is 11.6 Å². The highest BCUT2D eigenvalue weighted by Crippen LogP contribution is 2.19. The second-order valence-corrected chi connectivity index (χ2v) is 4.94. The van der Waals surface area contributed by atoms with E-state index in [0.29, 0.717) is 11.4 Å². The third-order valence-electron chi connectivity index (χ3n) is 3.25. The van der Waals surface area contributed by atoms with Gasteiger partial charge in [-0.3, -0.25) is 4.79 Å². The van der Waals surface area contributed by atoms with Gasteiger partial charge in [-0.1, -0.05) is 26.7 Å². The van der Waals surface area contributed by atoms with Crippen LogP contribution in [-0.2, 0) is 9.59 Å². The van der Waals surface area contributed by atoms with Gasteiger partial charge < -0.3 is 15.2 Å². The van der Waals surface area contributed by atoms with Gasteiger partial charge in [0.2, 0.25) is 5.91 Å². The van der Waals surface area contributed by atoms with Crippen molar-refractivity contribution in [1.82, 2.24) is 0 Å². The predicted molar refractivity (Wildman–Crippen MR) is 81.5 cm³/mol. The van der Waals surface area contributed by atoms with Crippen LogP contribution in [0.4, 0.5) is 5.69 Å². The van der Waals surface area contributed by atoms with E-state index in [0.717, 1.165) is 25.7 Å². The third-order valence-corrected chi connectivity index (χ3v) is 3.25. The van der Waals surface area contributed by atoms with Gasteiger partial charge in [-0.05, 0) is 37.1 Å². The molecule has 0 aliphatic heterocycles. The van der Waals surface area contributed by atoms with Crippen LogP contribution >= 0.6 is 0 Å². The molecule has 0 aliphatic rings. The van der Waals surface area contributed by atoms with Gasteiger partial charge >= 0.3 is 5.97 Å². The van der Waals surface area contributed by atoms with Crippen LogP contribution in [0.3, 0.4) is 0 Å². The van der Waals surface area contributed by atoms with Crippen molar-refractivity contribution in [3.05, 3.63) is 24.3 Å². The molecule has 1 unspecified atom stereocenters. The van der Waals surface area contributed by atoms with E-state index in [1.54, 1.807) is 24.3 Å². The number of nitrogens with one attached hydrogen (secondary N) is 1. The summed E-state index contributed by atoms with van der Waals surface area (Å²) in [5.41, 5.74) is 0.692. The first kappa shape index (κ1) is 17.0. The number of benzene rings is 1. The summed E-state index contributed by atoms with van der Waals surface area (Å²) in [6, 6.07) is 6.71. The van der Waals surface area contributed by atoms with Crippen LogP contribution < -0.4 is 10.1 Å². The largest absolute Gasteiger partial charge is 0.482 e. The topological polar surface area (TPSA) is 75.6 Å². The molecule has 5 nitrogen and oxygen atoms in total. The second kappa shape index (κ2) is 9.00. The number of hydrogen-bond acceptors (Lipinski definition) is 3. The van der Waals surface area contributed by atoms with Crippen molar-refractivity contribution in [3.8, 4) is 5.75 Å². The van der Waals surface area contributed by atoms with Crippen molar-refractivity contribution in [1.29, 1.82) is 0 Å². The first-order valence-electron chi connectivity index (χ1n) is 7.32. The Morgan fingerprint density at radius 2 is 1.90 bits per heavy atom. The number of carbonyl (C=O) groups is 2. The number of ether oxygens (including phenoxy) is 1. The van der Waals surface area contributed by atoms with Crippen LogP contribution in [0.1, 0.15) is 39.5 Å². The zero-order chi connectivity index (χ0) is 15.7. The zero-order valence-corrected chi connectivity index (χ0v) is 12.6. The highest BCUT2D eigenvalue weighted by atomic mass is 16.5. The summed E-state index contributed by atoms with van der Waals surface area (Å²) in [7, 11) is 0. The number of anilines is 1.